The van der Waals surface area contributed by atoms with Crippen molar-refractivity contribution in [1.82, 2.24) is 60.4 Å². The second kappa shape index (κ2) is 12.6. The molecule has 0 radical (unpaired) electrons. The summed E-state index contributed by atoms with van der Waals surface area (Å²) in [4.78, 5) is 0. The molecule has 0 spiro atoms. The molecule has 0 aromatic carbocycles. The summed E-state index contributed by atoms with van der Waals surface area (Å²) in [5, 5.41) is 39.9. The molecule has 2 saturated carbocycles. The van der Waals surface area contributed by atoms with Crippen molar-refractivity contribution in [1.29, 1.82) is 0 Å². The first kappa shape index (κ1) is 35.1. The van der Waals surface area contributed by atoms with Gasteiger partial charge in [-0.3, -0.25) is 19.6 Å². The van der Waals surface area contributed by atoms with Gasteiger partial charge in [-0.1, -0.05) is 59.0 Å². The Bertz CT molecular complexity index is 2160. The standard InChI is InChI=1S/2C20H21N6.Zr/c2*1-11-18(12(2)22-21-11)16-10-17(20-8-5-6-15(20)7-9-20)25-26(16)19-13(3)23-24-14(19)4;/h2*5-6,8H,7,9H2,1-4H3,(H,21,22)(H,23,24);/q2*-1;+2. The number of nitrogens with zero attached hydrogens (tertiary/aromatic N) is 8. The Labute approximate surface area is 327 Å². The second-order valence-corrected chi connectivity index (χ2v) is 14.7. The van der Waals surface area contributed by atoms with E-state index >= 15 is 0 Å². The van der Waals surface area contributed by atoms with E-state index in [1.165, 1.54) is 11.1 Å². The number of nitrogens with one attached hydrogen (secondary N) is 4. The van der Waals surface area contributed by atoms with Crippen LogP contribution in [0.2, 0.25) is 0 Å². The third-order valence-electron chi connectivity index (χ3n) is 11.6. The van der Waals surface area contributed by atoms with Gasteiger partial charge in [-0.15, -0.1) is 11.1 Å². The average molecular weight is 782 g/mol. The van der Waals surface area contributed by atoms with Gasteiger partial charge < -0.3 is 10.2 Å². The molecule has 4 aliphatic carbocycles. The molecule has 53 heavy (non-hydrogen) atoms. The van der Waals surface area contributed by atoms with E-state index in [0.29, 0.717) is 0 Å². The molecule has 13 heteroatoms. The fourth-order valence-corrected chi connectivity index (χ4v) is 8.53. The summed E-state index contributed by atoms with van der Waals surface area (Å²) in [6.07, 6.45) is 17.7. The van der Waals surface area contributed by atoms with Crippen molar-refractivity contribution in [2.75, 3.05) is 0 Å². The van der Waals surface area contributed by atoms with Gasteiger partial charge in [-0.2, -0.15) is 32.5 Å². The van der Waals surface area contributed by atoms with E-state index in [1.807, 2.05) is 64.8 Å². The first-order valence-corrected chi connectivity index (χ1v) is 17.9. The first-order chi connectivity index (χ1) is 25.0. The number of hydrogen-bond acceptors (Lipinski definition) is 6. The van der Waals surface area contributed by atoms with E-state index in [2.05, 4.69) is 89.4 Å². The molecule has 10 rings (SSSR count). The van der Waals surface area contributed by atoms with Gasteiger partial charge in [0.15, 0.2) is 0 Å². The summed E-state index contributed by atoms with van der Waals surface area (Å²) in [5.74, 6) is 0. The molecule has 2 atom stereocenters. The molecule has 6 aromatic heterocycles. The van der Waals surface area contributed by atoms with Crippen LogP contribution in [0.1, 0.15) is 82.6 Å². The van der Waals surface area contributed by atoms with Gasteiger partial charge in [0.25, 0.3) is 0 Å². The number of H-pyrrole nitrogens is 4. The number of allylic oxidation sites excluding steroid dienone is 8. The molecule has 2 fully saturated rings. The number of aryl methyl sites for hydroxylation is 8. The van der Waals surface area contributed by atoms with Crippen LogP contribution in [0.3, 0.4) is 0 Å². The molecule has 0 aliphatic heterocycles. The van der Waals surface area contributed by atoms with Crippen LogP contribution < -0.4 is 0 Å². The Morgan fingerprint density at radius 2 is 0.925 bits per heavy atom. The molecule has 0 amide bonds. The number of rotatable bonds is 6. The predicted octanol–water partition coefficient (Wildman–Crippen LogP) is 7.09. The van der Waals surface area contributed by atoms with Crippen LogP contribution in [0.15, 0.2) is 47.6 Å². The maximum atomic E-state index is 5.04. The quantitative estimate of drug-likeness (QED) is 0.133. The zero-order chi connectivity index (χ0) is 36.1. The minimum Gasteiger partial charge on any atom is -0.301 e. The number of hydrogen-bond donors (Lipinski definition) is 4. The van der Waals surface area contributed by atoms with Crippen LogP contribution >= 0.6 is 0 Å². The topological polar surface area (TPSA) is 150 Å². The van der Waals surface area contributed by atoms with Crippen molar-refractivity contribution >= 4 is 0 Å². The summed E-state index contributed by atoms with van der Waals surface area (Å²) in [5.41, 5.74) is 18.5. The van der Waals surface area contributed by atoms with Crippen molar-refractivity contribution in [3.05, 3.63) is 117 Å². The molecule has 2 unspecified atom stereocenters. The van der Waals surface area contributed by atoms with Crippen molar-refractivity contribution < 1.29 is 26.2 Å². The van der Waals surface area contributed by atoms with Gasteiger partial charge >= 0.3 is 26.2 Å². The molecule has 6 heterocycles. The Morgan fingerprint density at radius 1 is 0.547 bits per heavy atom. The molecule has 4 aliphatic rings. The normalized spacial score (nSPS) is 20.6. The van der Waals surface area contributed by atoms with Crippen LogP contribution in [-0.2, 0) is 37.0 Å². The van der Waals surface area contributed by atoms with Crippen molar-refractivity contribution in [2.24, 2.45) is 0 Å². The van der Waals surface area contributed by atoms with Gasteiger partial charge in [0, 0.05) is 10.8 Å². The fourth-order valence-electron chi connectivity index (χ4n) is 8.53. The summed E-state index contributed by atoms with van der Waals surface area (Å²) in [6, 6.07) is 7.26. The van der Waals surface area contributed by atoms with Crippen LogP contribution in [0.25, 0.3) is 33.9 Å². The van der Waals surface area contributed by atoms with E-state index in [0.717, 1.165) is 117 Å². The largest absolute Gasteiger partial charge is 2.00 e. The van der Waals surface area contributed by atoms with Crippen LogP contribution in [0.4, 0.5) is 0 Å². The summed E-state index contributed by atoms with van der Waals surface area (Å²) in [6.45, 7) is 16.2. The predicted molar refractivity (Wildman–Crippen MR) is 198 cm³/mol. The Balaban J connectivity index is 0.000000148. The van der Waals surface area contributed by atoms with E-state index in [4.69, 9.17) is 10.2 Å². The molecular formula is C40H42N12Zr. The average Bonchev–Trinajstić information content (AvgIpc) is 3.98. The SMILES string of the molecule is Cc1n[nH]c(C)c1-c1[c-]c(C23C=CC=C2CC3)nn1-c1c(C)n[nH]c1C.Cc1n[nH]c(C)c1-c1[c-]c(C23C=CC=C2CC3)nn1-c1c(C)n[nH]c1C.[Zr+2]. The molecule has 0 bridgehead atoms. The summed E-state index contributed by atoms with van der Waals surface area (Å²) >= 11 is 0. The maximum absolute atomic E-state index is 5.04. The van der Waals surface area contributed by atoms with E-state index in [-0.39, 0.29) is 37.0 Å². The fraction of sp³-hybridized carbons (Fsp3) is 0.350. The zero-order valence-electron chi connectivity index (χ0n) is 31.4. The van der Waals surface area contributed by atoms with Crippen molar-refractivity contribution in [3.8, 4) is 33.9 Å². The molecular weight excluding hydrogens is 740 g/mol. The van der Waals surface area contributed by atoms with Gasteiger partial charge in [-0.25, -0.2) is 10.2 Å². The van der Waals surface area contributed by atoms with Gasteiger partial charge in [0.1, 0.15) is 11.4 Å². The second-order valence-electron chi connectivity index (χ2n) is 14.7. The zero-order valence-corrected chi connectivity index (χ0v) is 33.8. The van der Waals surface area contributed by atoms with Gasteiger partial charge in [0.05, 0.1) is 22.8 Å². The van der Waals surface area contributed by atoms with E-state index < -0.39 is 0 Å². The Morgan fingerprint density at radius 3 is 1.21 bits per heavy atom. The first-order valence-electron chi connectivity index (χ1n) is 17.9. The van der Waals surface area contributed by atoms with Crippen LogP contribution in [-0.4, -0.2) is 60.4 Å². The molecule has 0 saturated heterocycles. The summed E-state index contributed by atoms with van der Waals surface area (Å²) in [7, 11) is 0. The third kappa shape index (κ3) is 5.10. The molecule has 266 valence electrons. The van der Waals surface area contributed by atoms with Gasteiger partial charge in [0.2, 0.25) is 0 Å². The smallest absolute Gasteiger partial charge is 0.301 e. The van der Waals surface area contributed by atoms with E-state index in [1.54, 1.807) is 0 Å². The van der Waals surface area contributed by atoms with E-state index in [9.17, 15) is 0 Å². The monoisotopic (exact) mass is 780 g/mol. The molecule has 4 N–H and O–H groups in total. The van der Waals surface area contributed by atoms with Gasteiger partial charge in [-0.05, 0) is 115 Å². The Hall–Kier alpha value is -4.90. The van der Waals surface area contributed by atoms with Crippen molar-refractivity contribution in [2.45, 2.75) is 91.9 Å². The van der Waals surface area contributed by atoms with Crippen LogP contribution in [0.5, 0.6) is 0 Å². The third-order valence-corrected chi connectivity index (χ3v) is 11.6. The molecule has 6 aromatic rings. The number of aromatic amines is 4. The maximum Gasteiger partial charge on any atom is 2.00 e. The van der Waals surface area contributed by atoms with Crippen LogP contribution in [0, 0.1) is 67.5 Å². The van der Waals surface area contributed by atoms with Crippen molar-refractivity contribution in [3.63, 3.8) is 0 Å². The summed E-state index contributed by atoms with van der Waals surface area (Å²) < 4.78 is 3.98. The molecule has 12 nitrogen and oxygen atoms in total. The Kier molecular flexibility index (Phi) is 8.36. The minimum absolute atomic E-state index is 0. The number of aromatic nitrogens is 12. The minimum atomic E-state index is -0.0723. The number of fused-ring (bicyclic) bond motifs is 2.